The van der Waals surface area contributed by atoms with Crippen molar-refractivity contribution in [3.8, 4) is 0 Å². The highest BCUT2D eigenvalue weighted by Gasteiger charge is 2.55. The largest absolute Gasteiger partial charge is 0.366 e. The molecule has 3 heteroatoms. The maximum absolute atomic E-state index is 12.4. The maximum atomic E-state index is 12.4. The maximum Gasteiger partial charge on any atom is 0.256 e. The lowest BCUT2D eigenvalue weighted by atomic mass is 9.87. The summed E-state index contributed by atoms with van der Waals surface area (Å²) in [6, 6.07) is 9.83. The first-order valence-electron chi connectivity index (χ1n) is 5.57. The Morgan fingerprint density at radius 2 is 1.75 bits per heavy atom. The van der Waals surface area contributed by atoms with E-state index in [4.69, 9.17) is 4.74 Å². The molecule has 1 unspecified atom stereocenters. The fourth-order valence-electron chi connectivity index (χ4n) is 2.28. The second kappa shape index (κ2) is 3.67. The Labute approximate surface area is 96.0 Å². The highest BCUT2D eigenvalue weighted by Crippen LogP contribution is 2.33. The lowest BCUT2D eigenvalue weighted by molar-refractivity contribution is -0.713. The van der Waals surface area contributed by atoms with Crippen LogP contribution in [-0.4, -0.2) is 23.5 Å². The summed E-state index contributed by atoms with van der Waals surface area (Å²) in [5, 5.41) is 0. The Kier molecular flexibility index (Phi) is 2.58. The molecule has 3 nitrogen and oxygen atoms in total. The van der Waals surface area contributed by atoms with Crippen molar-refractivity contribution in [2.75, 3.05) is 13.2 Å². The van der Waals surface area contributed by atoms with E-state index < -0.39 is 11.1 Å². The monoisotopic (exact) mass is 220 g/mol. The Bertz CT molecular complexity index is 400. The Balaban J connectivity index is 2.42. The van der Waals surface area contributed by atoms with Crippen LogP contribution in [0.15, 0.2) is 30.3 Å². The summed E-state index contributed by atoms with van der Waals surface area (Å²) in [5.74, 6) is 0. The standard InChI is InChI=1S/C13H18NO2/c1-12(2)9-16-10-13(3,14(12)15)11-7-5-4-6-8-11/h4-8H,9-10H2,1-3H3/q+1. The zero-order valence-electron chi connectivity index (χ0n) is 10.1. The molecule has 0 saturated carbocycles. The zero-order chi connectivity index (χ0) is 11.8. The Morgan fingerprint density at radius 3 is 2.38 bits per heavy atom. The van der Waals surface area contributed by atoms with E-state index in [-0.39, 0.29) is 0 Å². The first-order valence-corrected chi connectivity index (χ1v) is 5.57. The van der Waals surface area contributed by atoms with E-state index in [0.717, 1.165) is 5.56 Å². The van der Waals surface area contributed by atoms with Crippen LogP contribution in [0.2, 0.25) is 0 Å². The molecule has 0 radical (unpaired) electrons. The lowest BCUT2D eigenvalue weighted by Crippen LogP contribution is -2.56. The van der Waals surface area contributed by atoms with E-state index in [0.29, 0.717) is 13.2 Å². The van der Waals surface area contributed by atoms with E-state index in [9.17, 15) is 4.91 Å². The van der Waals surface area contributed by atoms with E-state index in [2.05, 4.69) is 0 Å². The van der Waals surface area contributed by atoms with E-state index in [1.54, 1.807) is 0 Å². The van der Waals surface area contributed by atoms with Gasteiger partial charge < -0.3 is 4.74 Å². The smallest absolute Gasteiger partial charge is 0.256 e. The molecule has 0 N–H and O–H groups in total. The molecule has 1 aliphatic rings. The van der Waals surface area contributed by atoms with Gasteiger partial charge in [0.15, 0.2) is 0 Å². The molecule has 0 amide bonds. The SMILES string of the molecule is CC1(C)COCC(C)(c2ccccc2)[N+]1=O. The average molecular weight is 220 g/mol. The molecule has 1 aromatic carbocycles. The fourth-order valence-corrected chi connectivity index (χ4v) is 2.28. The summed E-state index contributed by atoms with van der Waals surface area (Å²) >= 11 is 0. The minimum atomic E-state index is -0.580. The number of ether oxygens (including phenoxy) is 1. The van der Waals surface area contributed by atoms with Crippen LogP contribution < -0.4 is 0 Å². The van der Waals surface area contributed by atoms with Gasteiger partial charge in [0.1, 0.15) is 13.2 Å². The summed E-state index contributed by atoms with van der Waals surface area (Å²) in [4.78, 5) is 12.4. The van der Waals surface area contributed by atoms with Crippen molar-refractivity contribution in [3.63, 3.8) is 0 Å². The van der Waals surface area contributed by atoms with E-state index in [1.807, 2.05) is 51.1 Å². The molecule has 1 fully saturated rings. The number of rotatable bonds is 1. The van der Waals surface area contributed by atoms with Gasteiger partial charge in [0.25, 0.3) is 5.54 Å². The fraction of sp³-hybridized carbons (Fsp3) is 0.538. The number of nitrogens with zero attached hydrogens (tertiary/aromatic N) is 1. The highest BCUT2D eigenvalue weighted by atomic mass is 16.5. The van der Waals surface area contributed by atoms with Gasteiger partial charge in [-0.25, -0.2) is 0 Å². The molecule has 0 bridgehead atoms. The van der Waals surface area contributed by atoms with Crippen LogP contribution >= 0.6 is 0 Å². The van der Waals surface area contributed by atoms with Crippen molar-refractivity contribution in [3.05, 3.63) is 40.8 Å². The van der Waals surface area contributed by atoms with Crippen LogP contribution in [0, 0.1) is 4.91 Å². The average Bonchev–Trinajstić information content (AvgIpc) is 2.27. The van der Waals surface area contributed by atoms with Gasteiger partial charge in [-0.3, -0.25) is 0 Å². The van der Waals surface area contributed by atoms with E-state index in [1.165, 1.54) is 4.76 Å². The summed E-state index contributed by atoms with van der Waals surface area (Å²) < 4.78 is 6.76. The number of morpholine rings is 1. The summed E-state index contributed by atoms with van der Waals surface area (Å²) in [5.41, 5.74) is -0.0379. The van der Waals surface area contributed by atoms with Gasteiger partial charge in [-0.15, -0.1) is 0 Å². The second-order valence-electron chi connectivity index (χ2n) is 5.24. The van der Waals surface area contributed by atoms with Crippen molar-refractivity contribution in [2.24, 2.45) is 0 Å². The van der Waals surface area contributed by atoms with Crippen molar-refractivity contribution in [1.82, 2.24) is 0 Å². The Morgan fingerprint density at radius 1 is 1.12 bits per heavy atom. The van der Waals surface area contributed by atoms with Crippen molar-refractivity contribution in [2.45, 2.75) is 31.8 Å². The predicted molar refractivity (Wildman–Crippen MR) is 62.3 cm³/mol. The van der Waals surface area contributed by atoms with E-state index >= 15 is 0 Å². The van der Waals surface area contributed by atoms with Crippen LogP contribution in [0.3, 0.4) is 0 Å². The third-order valence-electron chi connectivity index (χ3n) is 3.23. The Hall–Kier alpha value is -1.22. The zero-order valence-corrected chi connectivity index (χ0v) is 10.1. The molecule has 2 rings (SSSR count). The first kappa shape index (κ1) is 11.3. The van der Waals surface area contributed by atoms with Gasteiger partial charge in [0, 0.05) is 36.0 Å². The summed E-state index contributed by atoms with van der Waals surface area (Å²) in [6.07, 6.45) is 0. The third kappa shape index (κ3) is 1.65. The van der Waals surface area contributed by atoms with Crippen molar-refractivity contribution < 1.29 is 9.50 Å². The first-order chi connectivity index (χ1) is 7.47. The third-order valence-corrected chi connectivity index (χ3v) is 3.23. The molecular weight excluding hydrogens is 202 g/mol. The van der Waals surface area contributed by atoms with Gasteiger partial charge in [-0.1, -0.05) is 30.3 Å². The lowest BCUT2D eigenvalue weighted by Gasteiger charge is -2.33. The van der Waals surface area contributed by atoms with Crippen LogP contribution in [0.4, 0.5) is 0 Å². The van der Waals surface area contributed by atoms with Crippen molar-refractivity contribution in [1.29, 1.82) is 0 Å². The topological polar surface area (TPSA) is 29.3 Å². The second-order valence-corrected chi connectivity index (χ2v) is 5.24. The molecule has 1 aliphatic heterocycles. The molecule has 1 atom stereocenters. The number of nitroso groups, excluding NO2 is 1. The molecule has 0 spiro atoms. The molecule has 1 saturated heterocycles. The molecule has 16 heavy (non-hydrogen) atoms. The van der Waals surface area contributed by atoms with Gasteiger partial charge in [-0.05, 0) is 0 Å². The van der Waals surface area contributed by atoms with Gasteiger partial charge in [0.2, 0.25) is 5.54 Å². The minimum Gasteiger partial charge on any atom is -0.366 e. The molecule has 0 aromatic heterocycles. The van der Waals surface area contributed by atoms with Crippen LogP contribution in [0.25, 0.3) is 0 Å². The molecule has 86 valence electrons. The minimum absolute atomic E-state index is 0.448. The molecule has 1 heterocycles. The normalized spacial score (nSPS) is 29.1. The van der Waals surface area contributed by atoms with Gasteiger partial charge in [0.05, 0.1) is 0 Å². The van der Waals surface area contributed by atoms with Gasteiger partial charge >= 0.3 is 0 Å². The molecule has 1 aromatic rings. The van der Waals surface area contributed by atoms with Crippen LogP contribution in [0.1, 0.15) is 26.3 Å². The number of benzene rings is 1. The molecule has 0 aliphatic carbocycles. The summed E-state index contributed by atoms with van der Waals surface area (Å²) in [6.45, 7) is 6.71. The van der Waals surface area contributed by atoms with Crippen molar-refractivity contribution >= 4 is 0 Å². The van der Waals surface area contributed by atoms with Crippen LogP contribution in [0.5, 0.6) is 0 Å². The quantitative estimate of drug-likeness (QED) is 0.680. The van der Waals surface area contributed by atoms with Gasteiger partial charge in [-0.2, -0.15) is 0 Å². The highest BCUT2D eigenvalue weighted by molar-refractivity contribution is 5.22. The summed E-state index contributed by atoms with van der Waals surface area (Å²) in [7, 11) is 0. The predicted octanol–water partition coefficient (Wildman–Crippen LogP) is 2.49. The number of hydrogen-bond donors (Lipinski definition) is 0. The number of hydrogen-bond acceptors (Lipinski definition) is 2. The molecular formula is C13H18NO2+. The van der Waals surface area contributed by atoms with Crippen LogP contribution in [-0.2, 0) is 10.3 Å².